The highest BCUT2D eigenvalue weighted by molar-refractivity contribution is 5.66. The van der Waals surface area contributed by atoms with E-state index in [9.17, 15) is 14.7 Å². The van der Waals surface area contributed by atoms with Gasteiger partial charge < -0.3 is 15.3 Å². The van der Waals surface area contributed by atoms with Gasteiger partial charge >= 0.3 is 11.9 Å². The zero-order valence-corrected chi connectivity index (χ0v) is 34.8. The number of aliphatic hydroxyl groups excluding tert-OH is 1. The average molecular weight is 737 g/mol. The molecule has 0 saturated carbocycles. The van der Waals surface area contributed by atoms with Crippen molar-refractivity contribution in [2.75, 3.05) is 0 Å². The lowest BCUT2D eigenvalue weighted by atomic mass is 10.0. The van der Waals surface area contributed by atoms with Gasteiger partial charge in [0.15, 0.2) is 0 Å². The molecule has 0 aliphatic carbocycles. The Morgan fingerprint density at radius 3 is 0.538 bits per heavy atom. The number of rotatable bonds is 46. The van der Waals surface area contributed by atoms with Crippen molar-refractivity contribution in [2.24, 2.45) is 0 Å². The van der Waals surface area contributed by atoms with Crippen molar-refractivity contribution in [3.8, 4) is 0 Å². The molecule has 0 atom stereocenters. The van der Waals surface area contributed by atoms with Gasteiger partial charge in [-0.3, -0.25) is 9.59 Å². The van der Waals surface area contributed by atoms with Crippen LogP contribution < -0.4 is 0 Å². The number of carbonyl (C=O) groups is 2. The first-order chi connectivity index (χ1) is 25.5. The van der Waals surface area contributed by atoms with Crippen LogP contribution in [0.4, 0.5) is 0 Å². The SMILES string of the molecule is O=C(O)CCCCCCCCCCCCCCCCCCCCCCC(O)CCCCCCCCCCCCCCCCCCCCCCC(=O)O. The molecule has 0 aromatic heterocycles. The minimum atomic E-state index is -0.657. The number of aliphatic carboxylic acids is 2. The smallest absolute Gasteiger partial charge is 0.303 e. The predicted octanol–water partition coefficient (Wildman–Crippen LogP) is 15.7. The quantitative estimate of drug-likeness (QED) is 0.0541. The summed E-state index contributed by atoms with van der Waals surface area (Å²) in [5.74, 6) is -1.31. The molecule has 0 bridgehead atoms. The molecule has 0 radical (unpaired) electrons. The molecular formula is C47H92O5. The van der Waals surface area contributed by atoms with E-state index in [0.717, 1.165) is 38.5 Å². The molecule has 310 valence electrons. The molecule has 5 nitrogen and oxygen atoms in total. The summed E-state index contributed by atoms with van der Waals surface area (Å²) in [7, 11) is 0. The highest BCUT2D eigenvalue weighted by atomic mass is 16.4. The number of carboxylic acids is 2. The molecule has 0 heterocycles. The van der Waals surface area contributed by atoms with Gasteiger partial charge in [-0.25, -0.2) is 0 Å². The third-order valence-corrected chi connectivity index (χ3v) is 11.4. The first kappa shape index (κ1) is 50.9. The van der Waals surface area contributed by atoms with E-state index in [-0.39, 0.29) is 6.10 Å². The molecule has 5 heteroatoms. The second kappa shape index (κ2) is 44.3. The molecular weight excluding hydrogens is 645 g/mol. The predicted molar refractivity (Wildman–Crippen MR) is 224 cm³/mol. The van der Waals surface area contributed by atoms with Crippen LogP contribution in [-0.4, -0.2) is 33.4 Å². The van der Waals surface area contributed by atoms with Crippen LogP contribution in [0.3, 0.4) is 0 Å². The maximum absolute atomic E-state index is 10.5. The summed E-state index contributed by atoms with van der Waals surface area (Å²) in [4.78, 5) is 21.0. The Hall–Kier alpha value is -1.10. The molecule has 0 aromatic carbocycles. The van der Waals surface area contributed by atoms with Gasteiger partial charge in [-0.05, 0) is 25.7 Å². The fourth-order valence-electron chi connectivity index (χ4n) is 7.82. The van der Waals surface area contributed by atoms with E-state index in [1.165, 1.54) is 231 Å². The Morgan fingerprint density at radius 1 is 0.250 bits per heavy atom. The second-order valence-electron chi connectivity index (χ2n) is 16.7. The Kier molecular flexibility index (Phi) is 43.4. The van der Waals surface area contributed by atoms with E-state index < -0.39 is 11.9 Å². The highest BCUT2D eigenvalue weighted by Gasteiger charge is 2.04. The molecule has 0 amide bonds. The monoisotopic (exact) mass is 737 g/mol. The van der Waals surface area contributed by atoms with Gasteiger partial charge in [-0.15, -0.1) is 0 Å². The minimum Gasteiger partial charge on any atom is -0.481 e. The normalized spacial score (nSPS) is 11.6. The maximum Gasteiger partial charge on any atom is 0.303 e. The summed E-state index contributed by atoms with van der Waals surface area (Å²) in [5.41, 5.74) is 0. The molecule has 0 rings (SSSR count). The molecule has 52 heavy (non-hydrogen) atoms. The minimum absolute atomic E-state index is 0.0684. The van der Waals surface area contributed by atoms with Gasteiger partial charge in [-0.1, -0.05) is 244 Å². The van der Waals surface area contributed by atoms with Crippen LogP contribution >= 0.6 is 0 Å². The Balaban J connectivity index is 3.15. The van der Waals surface area contributed by atoms with Crippen molar-refractivity contribution in [1.29, 1.82) is 0 Å². The average Bonchev–Trinajstić information content (AvgIpc) is 3.12. The molecule has 0 unspecified atom stereocenters. The van der Waals surface area contributed by atoms with Gasteiger partial charge in [0.1, 0.15) is 0 Å². The van der Waals surface area contributed by atoms with Gasteiger partial charge in [0.2, 0.25) is 0 Å². The van der Waals surface area contributed by atoms with Crippen molar-refractivity contribution < 1.29 is 24.9 Å². The van der Waals surface area contributed by atoms with Gasteiger partial charge in [0.05, 0.1) is 6.10 Å². The van der Waals surface area contributed by atoms with Crippen LogP contribution in [0.1, 0.15) is 283 Å². The molecule has 0 aliphatic rings. The Bertz CT molecular complexity index is 652. The molecule has 0 aromatic rings. The van der Waals surface area contributed by atoms with Crippen LogP contribution in [-0.2, 0) is 9.59 Å². The van der Waals surface area contributed by atoms with Gasteiger partial charge in [0.25, 0.3) is 0 Å². The van der Waals surface area contributed by atoms with E-state index in [2.05, 4.69) is 0 Å². The van der Waals surface area contributed by atoms with E-state index in [1.54, 1.807) is 0 Å². The molecule has 0 aliphatic heterocycles. The van der Waals surface area contributed by atoms with Crippen LogP contribution in [0.2, 0.25) is 0 Å². The zero-order chi connectivity index (χ0) is 37.8. The number of unbranched alkanes of at least 4 members (excludes halogenated alkanes) is 38. The topological polar surface area (TPSA) is 94.8 Å². The molecule has 3 N–H and O–H groups in total. The standard InChI is InChI=1S/C47H92O5/c48-45(41-37-33-29-25-21-17-13-9-5-1-3-7-11-15-19-23-27-31-35-39-43-46(49)50)42-38-34-30-26-22-18-14-10-6-2-4-8-12-16-20-24-28-32-36-40-44-47(51)52/h45,48H,1-44H2,(H,49,50)(H,51,52). The van der Waals surface area contributed by atoms with Crippen LogP contribution in [0.5, 0.6) is 0 Å². The number of hydrogen-bond acceptors (Lipinski definition) is 3. The van der Waals surface area contributed by atoms with Crippen LogP contribution in [0.15, 0.2) is 0 Å². The van der Waals surface area contributed by atoms with E-state index in [1.807, 2.05) is 0 Å². The summed E-state index contributed by atoms with van der Waals surface area (Å²) >= 11 is 0. The summed E-state index contributed by atoms with van der Waals surface area (Å²) in [6, 6.07) is 0. The Labute approximate surface area is 324 Å². The van der Waals surface area contributed by atoms with Gasteiger partial charge in [0, 0.05) is 12.8 Å². The van der Waals surface area contributed by atoms with Crippen molar-refractivity contribution in [3.63, 3.8) is 0 Å². The summed E-state index contributed by atoms with van der Waals surface area (Å²) < 4.78 is 0. The maximum atomic E-state index is 10.5. The van der Waals surface area contributed by atoms with Crippen molar-refractivity contribution in [2.45, 2.75) is 289 Å². The second-order valence-corrected chi connectivity index (χ2v) is 16.7. The number of hydrogen-bond donors (Lipinski definition) is 3. The third kappa shape index (κ3) is 46.9. The summed E-state index contributed by atoms with van der Waals surface area (Å²) in [6.45, 7) is 0. The fourth-order valence-corrected chi connectivity index (χ4v) is 7.82. The molecule has 0 spiro atoms. The lowest BCUT2D eigenvalue weighted by molar-refractivity contribution is -0.138. The van der Waals surface area contributed by atoms with E-state index in [4.69, 9.17) is 10.2 Å². The van der Waals surface area contributed by atoms with Crippen LogP contribution in [0.25, 0.3) is 0 Å². The van der Waals surface area contributed by atoms with E-state index >= 15 is 0 Å². The first-order valence-electron chi connectivity index (χ1n) is 23.6. The molecule has 0 saturated heterocycles. The lowest BCUT2D eigenvalue weighted by Gasteiger charge is -2.10. The third-order valence-electron chi connectivity index (χ3n) is 11.4. The van der Waals surface area contributed by atoms with Crippen molar-refractivity contribution >= 4 is 11.9 Å². The fraction of sp³-hybridized carbons (Fsp3) is 0.957. The number of aliphatic hydroxyl groups is 1. The Morgan fingerprint density at radius 2 is 0.385 bits per heavy atom. The van der Waals surface area contributed by atoms with E-state index in [0.29, 0.717) is 12.8 Å². The molecule has 0 fully saturated rings. The highest BCUT2D eigenvalue weighted by Crippen LogP contribution is 2.18. The summed E-state index contributed by atoms with van der Waals surface area (Å²) in [6.07, 6.45) is 55.3. The van der Waals surface area contributed by atoms with Gasteiger partial charge in [-0.2, -0.15) is 0 Å². The summed E-state index contributed by atoms with van der Waals surface area (Å²) in [5, 5.41) is 27.7. The lowest BCUT2D eigenvalue weighted by Crippen LogP contribution is -2.05. The first-order valence-corrected chi connectivity index (χ1v) is 23.6. The number of carboxylic acid groups (broad SMARTS) is 2. The zero-order valence-electron chi connectivity index (χ0n) is 34.8. The largest absolute Gasteiger partial charge is 0.481 e. The van der Waals surface area contributed by atoms with Crippen LogP contribution in [0, 0.1) is 0 Å². The van der Waals surface area contributed by atoms with Crippen molar-refractivity contribution in [1.82, 2.24) is 0 Å². The van der Waals surface area contributed by atoms with Crippen molar-refractivity contribution in [3.05, 3.63) is 0 Å².